The maximum atomic E-state index is 12.9. The van der Waals surface area contributed by atoms with E-state index in [2.05, 4.69) is 34.6 Å². The Kier molecular flexibility index (Phi) is 6.57. The van der Waals surface area contributed by atoms with Gasteiger partial charge in [-0.1, -0.05) is 42.5 Å². The minimum atomic E-state index is -0.565. The van der Waals surface area contributed by atoms with E-state index in [1.165, 1.54) is 45.9 Å². The van der Waals surface area contributed by atoms with Gasteiger partial charge in [0.1, 0.15) is 11.6 Å². The van der Waals surface area contributed by atoms with Crippen LogP contribution in [0.1, 0.15) is 16.1 Å². The third-order valence-electron chi connectivity index (χ3n) is 5.79. The molecule has 2 aromatic heterocycles. The molecule has 2 heterocycles. The molecule has 0 fully saturated rings. The van der Waals surface area contributed by atoms with E-state index >= 15 is 0 Å². The zero-order valence-electron chi connectivity index (χ0n) is 19.4. The van der Waals surface area contributed by atoms with E-state index in [9.17, 15) is 20.2 Å². The zero-order chi connectivity index (χ0) is 25.8. The predicted molar refractivity (Wildman–Crippen MR) is 144 cm³/mol. The van der Waals surface area contributed by atoms with Crippen LogP contribution >= 0.6 is 11.3 Å². The largest absolute Gasteiger partial charge is 0.317 e. The first-order valence-corrected chi connectivity index (χ1v) is 12.1. The van der Waals surface area contributed by atoms with Gasteiger partial charge >= 0.3 is 0 Å². The van der Waals surface area contributed by atoms with Crippen molar-refractivity contribution in [2.75, 3.05) is 5.32 Å². The standard InChI is InChI=1S/C28H19N5O3S/c29-17-21(15-24-8-4-14-32(24)22-10-12-23(13-11-22)33(35)36)27(34)31-28-30-18-25(37-28)16-20-7-3-6-19-5-1-2-9-26(19)20/h1-15,18H,16H2,(H,30,31,34)/b21-15+. The van der Waals surface area contributed by atoms with Crippen molar-refractivity contribution in [1.82, 2.24) is 9.55 Å². The summed E-state index contributed by atoms with van der Waals surface area (Å²) in [5, 5.41) is 26.1. The van der Waals surface area contributed by atoms with Gasteiger partial charge in [-0.2, -0.15) is 5.26 Å². The molecule has 37 heavy (non-hydrogen) atoms. The number of nitro benzene ring substituents is 1. The van der Waals surface area contributed by atoms with Gasteiger partial charge in [-0.05, 0) is 46.7 Å². The quantitative estimate of drug-likeness (QED) is 0.124. The molecular formula is C28H19N5O3S. The van der Waals surface area contributed by atoms with Crippen LogP contribution in [0.3, 0.4) is 0 Å². The maximum Gasteiger partial charge on any atom is 0.269 e. The van der Waals surface area contributed by atoms with E-state index in [1.54, 1.807) is 41.2 Å². The number of nitriles is 1. The van der Waals surface area contributed by atoms with E-state index < -0.39 is 10.8 Å². The van der Waals surface area contributed by atoms with E-state index in [0.717, 1.165) is 4.88 Å². The molecule has 0 aliphatic heterocycles. The van der Waals surface area contributed by atoms with E-state index in [0.29, 0.717) is 22.9 Å². The molecule has 0 aliphatic rings. The second kappa shape index (κ2) is 10.3. The third-order valence-corrected chi connectivity index (χ3v) is 6.71. The number of rotatable bonds is 7. The molecule has 3 aromatic carbocycles. The van der Waals surface area contributed by atoms with Gasteiger partial charge < -0.3 is 4.57 Å². The molecule has 0 saturated heterocycles. The number of fused-ring (bicyclic) bond motifs is 1. The molecule has 0 atom stereocenters. The maximum absolute atomic E-state index is 12.9. The highest BCUT2D eigenvalue weighted by Gasteiger charge is 2.14. The molecule has 9 heteroatoms. The number of carbonyl (C=O) groups is 1. The van der Waals surface area contributed by atoms with Gasteiger partial charge in [0, 0.05) is 47.2 Å². The lowest BCUT2D eigenvalue weighted by atomic mass is 10.0. The summed E-state index contributed by atoms with van der Waals surface area (Å²) < 4.78 is 1.74. The molecule has 180 valence electrons. The SMILES string of the molecule is N#C/C(=C\c1cccn1-c1ccc([N+](=O)[O-])cc1)C(=O)Nc1ncc(Cc2cccc3ccccc23)s1. The summed E-state index contributed by atoms with van der Waals surface area (Å²) in [6, 6.07) is 25.8. The number of non-ortho nitro benzene ring substituents is 1. The van der Waals surface area contributed by atoms with Crippen LogP contribution in [-0.4, -0.2) is 20.4 Å². The number of thiazole rings is 1. The second-order valence-electron chi connectivity index (χ2n) is 8.15. The van der Waals surface area contributed by atoms with Gasteiger partial charge in [-0.3, -0.25) is 20.2 Å². The van der Waals surface area contributed by atoms with Crippen molar-refractivity contribution in [3.8, 4) is 11.8 Å². The molecule has 1 amide bonds. The summed E-state index contributed by atoms with van der Waals surface area (Å²) in [7, 11) is 0. The number of hydrogen-bond donors (Lipinski definition) is 1. The van der Waals surface area contributed by atoms with Crippen LogP contribution in [0.4, 0.5) is 10.8 Å². The first kappa shape index (κ1) is 23.7. The number of nitrogens with one attached hydrogen (secondary N) is 1. The minimum absolute atomic E-state index is 0.0200. The van der Waals surface area contributed by atoms with E-state index in [1.807, 2.05) is 24.3 Å². The summed E-state index contributed by atoms with van der Waals surface area (Å²) in [6.07, 6.45) is 5.64. The molecule has 5 rings (SSSR count). The van der Waals surface area contributed by atoms with Crippen LogP contribution in [0.5, 0.6) is 0 Å². The smallest absolute Gasteiger partial charge is 0.269 e. The van der Waals surface area contributed by atoms with E-state index in [4.69, 9.17) is 0 Å². The summed E-state index contributed by atoms with van der Waals surface area (Å²) in [5.41, 5.74) is 2.30. The van der Waals surface area contributed by atoms with Crippen molar-refractivity contribution in [3.63, 3.8) is 0 Å². The van der Waals surface area contributed by atoms with E-state index in [-0.39, 0.29) is 11.3 Å². The lowest BCUT2D eigenvalue weighted by molar-refractivity contribution is -0.384. The summed E-state index contributed by atoms with van der Waals surface area (Å²) in [6.45, 7) is 0. The number of anilines is 1. The van der Waals surface area contributed by atoms with Crippen LogP contribution in [-0.2, 0) is 11.2 Å². The van der Waals surface area contributed by atoms with Crippen molar-refractivity contribution >= 4 is 44.9 Å². The van der Waals surface area contributed by atoms with Crippen molar-refractivity contribution in [2.45, 2.75) is 6.42 Å². The zero-order valence-corrected chi connectivity index (χ0v) is 20.2. The molecule has 0 unspecified atom stereocenters. The molecule has 5 aromatic rings. The normalized spacial score (nSPS) is 11.3. The lowest BCUT2D eigenvalue weighted by Gasteiger charge is -2.07. The monoisotopic (exact) mass is 505 g/mol. The molecular weight excluding hydrogens is 486 g/mol. The first-order valence-electron chi connectivity index (χ1n) is 11.3. The number of nitro groups is 1. The molecule has 1 N–H and O–H groups in total. The average molecular weight is 506 g/mol. The Labute approximate surface area is 215 Å². The highest BCUT2D eigenvalue weighted by atomic mass is 32.1. The van der Waals surface area contributed by atoms with Crippen LogP contribution in [0.25, 0.3) is 22.5 Å². The Morgan fingerprint density at radius 3 is 2.65 bits per heavy atom. The minimum Gasteiger partial charge on any atom is -0.317 e. The second-order valence-corrected chi connectivity index (χ2v) is 9.26. The molecule has 0 radical (unpaired) electrons. The van der Waals surface area contributed by atoms with Crippen molar-refractivity contribution < 1.29 is 9.72 Å². The highest BCUT2D eigenvalue weighted by Crippen LogP contribution is 2.26. The number of carbonyl (C=O) groups excluding carboxylic acids is 1. The molecule has 0 aliphatic carbocycles. The number of benzene rings is 3. The van der Waals surface area contributed by atoms with Gasteiger partial charge in [0.2, 0.25) is 0 Å². The van der Waals surface area contributed by atoms with Crippen molar-refractivity contribution in [3.05, 3.63) is 123 Å². The lowest BCUT2D eigenvalue weighted by Crippen LogP contribution is -2.13. The highest BCUT2D eigenvalue weighted by molar-refractivity contribution is 7.15. The van der Waals surface area contributed by atoms with Gasteiger partial charge in [-0.15, -0.1) is 11.3 Å². The summed E-state index contributed by atoms with van der Waals surface area (Å²) >= 11 is 1.36. The fourth-order valence-corrected chi connectivity index (χ4v) is 4.85. The number of aromatic nitrogens is 2. The Hall–Kier alpha value is -5.07. The molecule has 0 bridgehead atoms. The Morgan fingerprint density at radius 1 is 1.08 bits per heavy atom. The van der Waals surface area contributed by atoms with Crippen LogP contribution in [0.15, 0.2) is 96.8 Å². The average Bonchev–Trinajstić information content (AvgIpc) is 3.56. The Bertz CT molecular complexity index is 1690. The first-order chi connectivity index (χ1) is 18.0. The topological polar surface area (TPSA) is 114 Å². The molecule has 8 nitrogen and oxygen atoms in total. The van der Waals surface area contributed by atoms with Gasteiger partial charge in [-0.25, -0.2) is 4.98 Å². The van der Waals surface area contributed by atoms with Gasteiger partial charge in [0.15, 0.2) is 5.13 Å². The fraction of sp³-hybridized carbons (Fsp3) is 0.0357. The van der Waals surface area contributed by atoms with Gasteiger partial charge in [0.25, 0.3) is 11.6 Å². The third kappa shape index (κ3) is 5.15. The Balaban J connectivity index is 1.32. The number of amides is 1. The molecule has 0 saturated carbocycles. The van der Waals surface area contributed by atoms with Crippen molar-refractivity contribution in [1.29, 1.82) is 5.26 Å². The molecule has 0 spiro atoms. The van der Waals surface area contributed by atoms with Gasteiger partial charge in [0.05, 0.1) is 4.92 Å². The van der Waals surface area contributed by atoms with Crippen LogP contribution in [0.2, 0.25) is 0 Å². The van der Waals surface area contributed by atoms with Crippen LogP contribution < -0.4 is 5.32 Å². The summed E-state index contributed by atoms with van der Waals surface area (Å²) in [4.78, 5) is 28.6. The predicted octanol–water partition coefficient (Wildman–Crippen LogP) is 6.13. The van der Waals surface area contributed by atoms with Crippen LogP contribution in [0, 0.1) is 21.4 Å². The number of nitrogens with zero attached hydrogens (tertiary/aromatic N) is 4. The summed E-state index contributed by atoms with van der Waals surface area (Å²) in [5.74, 6) is -0.565. The Morgan fingerprint density at radius 2 is 1.86 bits per heavy atom. The number of hydrogen-bond acceptors (Lipinski definition) is 6. The van der Waals surface area contributed by atoms with Crippen molar-refractivity contribution in [2.24, 2.45) is 0 Å². The fourth-order valence-electron chi connectivity index (χ4n) is 4.02.